The van der Waals surface area contributed by atoms with Crippen LogP contribution >= 0.6 is 12.4 Å². The Labute approximate surface area is 104 Å². The molecule has 2 aliphatic rings. The molecule has 0 spiro atoms. The highest BCUT2D eigenvalue weighted by Gasteiger charge is 2.40. The number of carbonyl (C=O) groups is 1. The lowest BCUT2D eigenvalue weighted by atomic mass is 9.74. The van der Waals surface area contributed by atoms with Crippen LogP contribution in [0, 0.1) is 5.92 Å². The van der Waals surface area contributed by atoms with E-state index in [1.807, 2.05) is 11.8 Å². The van der Waals surface area contributed by atoms with Gasteiger partial charge in [-0.25, -0.2) is 0 Å². The standard InChI is InChI=1S/C12H22N2O.ClH/c1-12(13)7-3-2-6-10(12)11(15)14-8-4-5-9-14;/h10H,2-9,13H2,1H3;1H. The SMILES string of the molecule is CC1(N)CCCCC1C(=O)N1CCCC1.Cl. The Balaban J connectivity index is 0.00000128. The maximum absolute atomic E-state index is 12.3. The Morgan fingerprint density at radius 3 is 2.44 bits per heavy atom. The van der Waals surface area contributed by atoms with Crippen LogP contribution in [0.4, 0.5) is 0 Å². The van der Waals surface area contributed by atoms with Gasteiger partial charge in [0.25, 0.3) is 0 Å². The number of nitrogens with two attached hydrogens (primary N) is 1. The van der Waals surface area contributed by atoms with E-state index in [0.29, 0.717) is 5.91 Å². The molecule has 1 aliphatic heterocycles. The second kappa shape index (κ2) is 5.37. The lowest BCUT2D eigenvalue weighted by Crippen LogP contribution is -2.53. The van der Waals surface area contributed by atoms with Crippen molar-refractivity contribution in [3.05, 3.63) is 0 Å². The first-order valence-corrected chi connectivity index (χ1v) is 6.19. The molecule has 94 valence electrons. The van der Waals surface area contributed by atoms with Gasteiger partial charge in [0.2, 0.25) is 5.91 Å². The lowest BCUT2D eigenvalue weighted by molar-refractivity contribution is -0.137. The molecule has 1 aliphatic carbocycles. The molecule has 2 fully saturated rings. The van der Waals surface area contributed by atoms with Crippen LogP contribution in [0.15, 0.2) is 0 Å². The molecule has 1 amide bonds. The Morgan fingerprint density at radius 2 is 1.88 bits per heavy atom. The topological polar surface area (TPSA) is 46.3 Å². The molecule has 2 atom stereocenters. The van der Waals surface area contributed by atoms with Crippen LogP contribution in [0.25, 0.3) is 0 Å². The summed E-state index contributed by atoms with van der Waals surface area (Å²) in [6, 6.07) is 0. The Kier molecular flexibility index (Phi) is 4.62. The van der Waals surface area contributed by atoms with Crippen molar-refractivity contribution in [3.63, 3.8) is 0 Å². The van der Waals surface area contributed by atoms with Crippen molar-refractivity contribution in [1.29, 1.82) is 0 Å². The number of hydrogen-bond acceptors (Lipinski definition) is 2. The number of rotatable bonds is 1. The summed E-state index contributed by atoms with van der Waals surface area (Å²) in [5, 5.41) is 0. The van der Waals surface area contributed by atoms with Gasteiger partial charge in [0, 0.05) is 18.6 Å². The highest BCUT2D eigenvalue weighted by molar-refractivity contribution is 5.85. The van der Waals surface area contributed by atoms with Crippen molar-refractivity contribution < 1.29 is 4.79 Å². The Bertz CT molecular complexity index is 249. The van der Waals surface area contributed by atoms with E-state index in [1.54, 1.807) is 0 Å². The fourth-order valence-electron chi connectivity index (χ4n) is 2.92. The van der Waals surface area contributed by atoms with Gasteiger partial charge in [0.05, 0.1) is 5.92 Å². The molecular formula is C12H23ClN2O. The molecule has 1 saturated heterocycles. The Hall–Kier alpha value is -0.280. The van der Waals surface area contributed by atoms with E-state index in [-0.39, 0.29) is 23.9 Å². The Morgan fingerprint density at radius 1 is 1.25 bits per heavy atom. The van der Waals surface area contributed by atoms with Gasteiger partial charge in [-0.15, -0.1) is 12.4 Å². The summed E-state index contributed by atoms with van der Waals surface area (Å²) in [6.07, 6.45) is 6.66. The minimum absolute atomic E-state index is 0. The van der Waals surface area contributed by atoms with Crippen LogP contribution in [-0.2, 0) is 4.79 Å². The highest BCUT2D eigenvalue weighted by Crippen LogP contribution is 2.33. The van der Waals surface area contributed by atoms with Crippen molar-refractivity contribution in [2.24, 2.45) is 11.7 Å². The zero-order chi connectivity index (χ0) is 10.9. The van der Waals surface area contributed by atoms with E-state index in [0.717, 1.165) is 32.4 Å². The first-order valence-electron chi connectivity index (χ1n) is 6.19. The molecule has 2 rings (SSSR count). The molecule has 0 aromatic rings. The van der Waals surface area contributed by atoms with Crippen LogP contribution in [0.3, 0.4) is 0 Å². The number of amides is 1. The summed E-state index contributed by atoms with van der Waals surface area (Å²) in [5.41, 5.74) is 5.98. The van der Waals surface area contributed by atoms with E-state index in [9.17, 15) is 4.79 Å². The van der Waals surface area contributed by atoms with E-state index in [1.165, 1.54) is 19.3 Å². The second-order valence-corrected chi connectivity index (χ2v) is 5.34. The van der Waals surface area contributed by atoms with Crippen molar-refractivity contribution in [2.45, 2.75) is 51.0 Å². The van der Waals surface area contributed by atoms with E-state index < -0.39 is 0 Å². The number of hydrogen-bond donors (Lipinski definition) is 1. The average Bonchev–Trinajstić information content (AvgIpc) is 2.69. The second-order valence-electron chi connectivity index (χ2n) is 5.34. The molecule has 1 saturated carbocycles. The van der Waals surface area contributed by atoms with Gasteiger partial charge in [-0.3, -0.25) is 4.79 Å². The quantitative estimate of drug-likeness (QED) is 0.769. The van der Waals surface area contributed by atoms with E-state index in [2.05, 4.69) is 0 Å². The highest BCUT2D eigenvalue weighted by atomic mass is 35.5. The third kappa shape index (κ3) is 2.69. The summed E-state index contributed by atoms with van der Waals surface area (Å²) in [5.74, 6) is 0.390. The third-order valence-electron chi connectivity index (χ3n) is 3.97. The van der Waals surface area contributed by atoms with Gasteiger partial charge in [-0.05, 0) is 32.6 Å². The molecule has 4 heteroatoms. The van der Waals surface area contributed by atoms with Crippen LogP contribution in [0.2, 0.25) is 0 Å². The number of likely N-dealkylation sites (tertiary alicyclic amines) is 1. The summed E-state index contributed by atoms with van der Waals surface area (Å²) >= 11 is 0. The van der Waals surface area contributed by atoms with Crippen LogP contribution in [-0.4, -0.2) is 29.4 Å². The maximum atomic E-state index is 12.3. The third-order valence-corrected chi connectivity index (χ3v) is 3.97. The van der Waals surface area contributed by atoms with Crippen LogP contribution < -0.4 is 5.73 Å². The largest absolute Gasteiger partial charge is 0.342 e. The molecule has 2 N–H and O–H groups in total. The van der Waals surface area contributed by atoms with Gasteiger partial charge in [-0.1, -0.05) is 12.8 Å². The first-order chi connectivity index (χ1) is 7.11. The maximum Gasteiger partial charge on any atom is 0.227 e. The molecule has 0 aromatic carbocycles. The normalized spacial score (nSPS) is 34.6. The summed E-state index contributed by atoms with van der Waals surface area (Å²) in [4.78, 5) is 14.3. The minimum Gasteiger partial charge on any atom is -0.342 e. The van der Waals surface area contributed by atoms with Gasteiger partial charge < -0.3 is 10.6 Å². The van der Waals surface area contributed by atoms with Gasteiger partial charge >= 0.3 is 0 Å². The summed E-state index contributed by atoms with van der Waals surface area (Å²) in [6.45, 7) is 3.95. The molecule has 16 heavy (non-hydrogen) atoms. The predicted octanol–water partition coefficient (Wildman–Crippen LogP) is 1.94. The van der Waals surface area contributed by atoms with Crippen LogP contribution in [0.1, 0.15) is 45.4 Å². The monoisotopic (exact) mass is 246 g/mol. The summed E-state index contributed by atoms with van der Waals surface area (Å²) in [7, 11) is 0. The minimum atomic E-state index is -0.266. The molecule has 1 heterocycles. The molecular weight excluding hydrogens is 224 g/mol. The molecule has 2 unspecified atom stereocenters. The zero-order valence-corrected chi connectivity index (χ0v) is 10.9. The molecule has 3 nitrogen and oxygen atoms in total. The van der Waals surface area contributed by atoms with Crippen molar-refractivity contribution >= 4 is 18.3 Å². The van der Waals surface area contributed by atoms with Crippen molar-refractivity contribution in [2.75, 3.05) is 13.1 Å². The average molecular weight is 247 g/mol. The molecule has 0 aromatic heterocycles. The molecule has 0 radical (unpaired) electrons. The van der Waals surface area contributed by atoms with Crippen molar-refractivity contribution in [3.8, 4) is 0 Å². The van der Waals surface area contributed by atoms with Gasteiger partial charge in [0.1, 0.15) is 0 Å². The number of carbonyl (C=O) groups excluding carboxylic acids is 1. The van der Waals surface area contributed by atoms with Gasteiger partial charge in [0.15, 0.2) is 0 Å². The predicted molar refractivity (Wildman–Crippen MR) is 67.6 cm³/mol. The van der Waals surface area contributed by atoms with E-state index >= 15 is 0 Å². The fraction of sp³-hybridized carbons (Fsp3) is 0.917. The lowest BCUT2D eigenvalue weighted by Gasteiger charge is -2.39. The van der Waals surface area contributed by atoms with E-state index in [4.69, 9.17) is 5.73 Å². The summed E-state index contributed by atoms with van der Waals surface area (Å²) < 4.78 is 0. The number of nitrogens with zero attached hydrogens (tertiary/aromatic N) is 1. The number of halogens is 1. The van der Waals surface area contributed by atoms with Gasteiger partial charge in [-0.2, -0.15) is 0 Å². The molecule has 0 bridgehead atoms. The zero-order valence-electron chi connectivity index (χ0n) is 10.1. The smallest absolute Gasteiger partial charge is 0.227 e. The van der Waals surface area contributed by atoms with Crippen LogP contribution in [0.5, 0.6) is 0 Å². The first kappa shape index (κ1) is 13.8. The fourth-order valence-corrected chi connectivity index (χ4v) is 2.92. The van der Waals surface area contributed by atoms with Crippen molar-refractivity contribution in [1.82, 2.24) is 4.90 Å².